The molecule has 2 N–H and O–H groups in total. The summed E-state index contributed by atoms with van der Waals surface area (Å²) in [5.41, 5.74) is 1.60. The van der Waals surface area contributed by atoms with Crippen LogP contribution in [0.3, 0.4) is 0 Å². The van der Waals surface area contributed by atoms with Gasteiger partial charge >= 0.3 is 0 Å². The standard InChI is InChI=1S/C18H18ClN3O2S2/c19-13-6-2-1-5-12(13)11-20-15(23)7-3-4-9-22-17(24)16-14(8-10-26-16)21-18(22)25/h1-2,5-6,8,10H,3-4,7,9,11H2,(H,20,23)(H,21,25). The predicted octanol–water partition coefficient (Wildman–Crippen LogP) is 4.26. The number of carbonyl (C=O) groups is 1. The summed E-state index contributed by atoms with van der Waals surface area (Å²) in [6, 6.07) is 9.28. The summed E-state index contributed by atoms with van der Waals surface area (Å²) in [5, 5.41) is 5.37. The van der Waals surface area contributed by atoms with Gasteiger partial charge in [-0.05, 0) is 48.1 Å². The maximum atomic E-state index is 12.4. The van der Waals surface area contributed by atoms with Crippen LogP contribution in [-0.2, 0) is 17.9 Å². The largest absolute Gasteiger partial charge is 0.352 e. The monoisotopic (exact) mass is 407 g/mol. The molecule has 0 unspecified atom stereocenters. The van der Waals surface area contributed by atoms with Gasteiger partial charge in [-0.3, -0.25) is 14.2 Å². The third kappa shape index (κ3) is 4.41. The van der Waals surface area contributed by atoms with Crippen molar-refractivity contribution in [2.75, 3.05) is 0 Å². The fourth-order valence-electron chi connectivity index (χ4n) is 2.65. The molecule has 0 aliphatic carbocycles. The van der Waals surface area contributed by atoms with Gasteiger partial charge in [-0.25, -0.2) is 0 Å². The molecule has 0 aliphatic heterocycles. The van der Waals surface area contributed by atoms with E-state index in [1.54, 1.807) is 10.6 Å². The molecule has 0 spiro atoms. The van der Waals surface area contributed by atoms with Crippen molar-refractivity contribution in [1.82, 2.24) is 14.9 Å². The van der Waals surface area contributed by atoms with Crippen LogP contribution in [-0.4, -0.2) is 15.5 Å². The zero-order valence-corrected chi connectivity index (χ0v) is 16.3. The maximum Gasteiger partial charge on any atom is 0.272 e. The average Bonchev–Trinajstić information content (AvgIpc) is 3.08. The molecule has 0 saturated carbocycles. The first-order chi connectivity index (χ1) is 12.6. The van der Waals surface area contributed by atoms with Crippen molar-refractivity contribution < 1.29 is 4.79 Å². The van der Waals surface area contributed by atoms with Gasteiger partial charge in [0.05, 0.1) is 5.52 Å². The van der Waals surface area contributed by atoms with Crippen molar-refractivity contribution in [3.05, 3.63) is 61.4 Å². The number of H-pyrrole nitrogens is 1. The lowest BCUT2D eigenvalue weighted by Crippen LogP contribution is -2.23. The lowest BCUT2D eigenvalue weighted by Gasteiger charge is -2.08. The molecule has 0 saturated heterocycles. The quantitative estimate of drug-likeness (QED) is 0.454. The number of nitrogens with zero attached hydrogens (tertiary/aromatic N) is 1. The summed E-state index contributed by atoms with van der Waals surface area (Å²) in [6.45, 7) is 0.915. The first kappa shape index (κ1) is 18.8. The molecule has 3 rings (SSSR count). The number of nitrogens with one attached hydrogen (secondary N) is 2. The Labute approximate surface area is 164 Å². The van der Waals surface area contributed by atoms with Gasteiger partial charge < -0.3 is 10.3 Å². The van der Waals surface area contributed by atoms with Gasteiger partial charge in [0.1, 0.15) is 4.70 Å². The number of aromatic amines is 1. The molecule has 0 atom stereocenters. The number of fused-ring (bicyclic) bond motifs is 1. The summed E-state index contributed by atoms with van der Waals surface area (Å²) in [4.78, 5) is 27.5. The number of aromatic nitrogens is 2. The van der Waals surface area contributed by atoms with Crippen LogP contribution in [0.2, 0.25) is 5.02 Å². The predicted molar refractivity (Wildman–Crippen MR) is 108 cm³/mol. The third-order valence-electron chi connectivity index (χ3n) is 4.06. The second-order valence-corrected chi connectivity index (χ2v) is 7.59. The number of halogens is 1. The molecule has 2 aromatic heterocycles. The molecule has 26 heavy (non-hydrogen) atoms. The van der Waals surface area contributed by atoms with E-state index in [4.69, 9.17) is 23.8 Å². The van der Waals surface area contributed by atoms with Crippen LogP contribution < -0.4 is 10.9 Å². The zero-order chi connectivity index (χ0) is 18.5. The van der Waals surface area contributed by atoms with Crippen molar-refractivity contribution in [3.8, 4) is 0 Å². The Morgan fingerprint density at radius 3 is 2.88 bits per heavy atom. The first-order valence-corrected chi connectivity index (χ1v) is 9.93. The number of rotatable bonds is 7. The molecule has 3 aromatic rings. The number of unbranched alkanes of at least 4 members (excludes halogenated alkanes) is 1. The highest BCUT2D eigenvalue weighted by molar-refractivity contribution is 7.71. The van der Waals surface area contributed by atoms with Gasteiger partial charge in [-0.15, -0.1) is 11.3 Å². The Kier molecular flexibility index (Phi) is 6.24. The Bertz CT molecular complexity index is 1040. The number of hydrogen-bond donors (Lipinski definition) is 2. The van der Waals surface area contributed by atoms with Gasteiger partial charge in [0.2, 0.25) is 5.91 Å². The van der Waals surface area contributed by atoms with E-state index < -0.39 is 0 Å². The van der Waals surface area contributed by atoms with E-state index in [1.807, 2.05) is 29.6 Å². The molecule has 0 fully saturated rings. The Morgan fingerprint density at radius 1 is 1.27 bits per heavy atom. The van der Waals surface area contributed by atoms with Crippen LogP contribution in [0.15, 0.2) is 40.5 Å². The molecule has 8 heteroatoms. The second kappa shape index (κ2) is 8.62. The summed E-state index contributed by atoms with van der Waals surface area (Å²) >= 11 is 12.7. The van der Waals surface area contributed by atoms with Crippen molar-refractivity contribution >= 4 is 51.3 Å². The minimum atomic E-state index is -0.0677. The van der Waals surface area contributed by atoms with E-state index in [0.29, 0.717) is 46.8 Å². The summed E-state index contributed by atoms with van der Waals surface area (Å²) in [6.07, 6.45) is 1.78. The van der Waals surface area contributed by atoms with E-state index in [-0.39, 0.29) is 11.5 Å². The van der Waals surface area contributed by atoms with E-state index in [1.165, 1.54) is 11.3 Å². The first-order valence-electron chi connectivity index (χ1n) is 8.26. The molecule has 1 amide bonds. The minimum absolute atomic E-state index is 0.0314. The third-order valence-corrected chi connectivity index (χ3v) is 5.65. The normalized spacial score (nSPS) is 11.0. The number of amides is 1. The number of thiophene rings is 1. The minimum Gasteiger partial charge on any atom is -0.352 e. The fraction of sp³-hybridized carbons (Fsp3) is 0.278. The molecular formula is C18H18ClN3O2S2. The lowest BCUT2D eigenvalue weighted by molar-refractivity contribution is -0.121. The Balaban J connectivity index is 1.48. The highest BCUT2D eigenvalue weighted by Gasteiger charge is 2.08. The molecule has 0 aliphatic rings. The summed E-state index contributed by atoms with van der Waals surface area (Å²) in [7, 11) is 0. The van der Waals surface area contributed by atoms with Crippen LogP contribution in [0.4, 0.5) is 0 Å². The van der Waals surface area contributed by atoms with Crippen molar-refractivity contribution in [2.24, 2.45) is 0 Å². The highest BCUT2D eigenvalue weighted by Crippen LogP contribution is 2.15. The topological polar surface area (TPSA) is 66.9 Å². The SMILES string of the molecule is O=C(CCCCn1c(=S)[nH]c2ccsc2c1=O)NCc1ccccc1Cl. The Morgan fingerprint density at radius 2 is 2.08 bits per heavy atom. The highest BCUT2D eigenvalue weighted by atomic mass is 35.5. The summed E-state index contributed by atoms with van der Waals surface area (Å²) < 4.78 is 2.66. The van der Waals surface area contributed by atoms with Crippen LogP contribution in [0.25, 0.3) is 10.2 Å². The lowest BCUT2D eigenvalue weighted by atomic mass is 10.2. The molecular weight excluding hydrogens is 390 g/mol. The zero-order valence-electron chi connectivity index (χ0n) is 14.0. The Hall–Kier alpha value is -1.96. The van der Waals surface area contributed by atoms with Crippen LogP contribution >= 0.6 is 35.2 Å². The van der Waals surface area contributed by atoms with Crippen molar-refractivity contribution in [1.29, 1.82) is 0 Å². The van der Waals surface area contributed by atoms with E-state index in [9.17, 15) is 9.59 Å². The number of benzene rings is 1. The number of hydrogen-bond acceptors (Lipinski definition) is 4. The fourth-order valence-corrected chi connectivity index (χ4v) is 3.94. The van der Waals surface area contributed by atoms with E-state index >= 15 is 0 Å². The van der Waals surface area contributed by atoms with Gasteiger partial charge in [0, 0.05) is 24.5 Å². The van der Waals surface area contributed by atoms with Crippen LogP contribution in [0.5, 0.6) is 0 Å². The molecule has 2 heterocycles. The van der Waals surface area contributed by atoms with E-state index in [2.05, 4.69) is 10.3 Å². The smallest absolute Gasteiger partial charge is 0.272 e. The van der Waals surface area contributed by atoms with Crippen LogP contribution in [0.1, 0.15) is 24.8 Å². The molecule has 0 radical (unpaired) electrons. The molecule has 1 aromatic carbocycles. The van der Waals surface area contributed by atoms with Gasteiger partial charge in [-0.2, -0.15) is 0 Å². The average molecular weight is 408 g/mol. The second-order valence-electron chi connectivity index (χ2n) is 5.88. The molecule has 0 bridgehead atoms. The summed E-state index contributed by atoms with van der Waals surface area (Å²) in [5.74, 6) is -0.0314. The maximum absolute atomic E-state index is 12.4. The molecule has 136 valence electrons. The van der Waals surface area contributed by atoms with Gasteiger partial charge in [-0.1, -0.05) is 29.8 Å². The van der Waals surface area contributed by atoms with Gasteiger partial charge in [0.15, 0.2) is 4.77 Å². The van der Waals surface area contributed by atoms with Gasteiger partial charge in [0.25, 0.3) is 5.56 Å². The van der Waals surface area contributed by atoms with Crippen LogP contribution in [0, 0.1) is 4.77 Å². The van der Waals surface area contributed by atoms with Crippen molar-refractivity contribution in [3.63, 3.8) is 0 Å². The number of carbonyl (C=O) groups excluding carboxylic acids is 1. The van der Waals surface area contributed by atoms with Crippen molar-refractivity contribution in [2.45, 2.75) is 32.4 Å². The molecule has 5 nitrogen and oxygen atoms in total. The van der Waals surface area contributed by atoms with E-state index in [0.717, 1.165) is 11.1 Å².